The van der Waals surface area contributed by atoms with Crippen LogP contribution in [0.1, 0.15) is 44.6 Å². The second kappa shape index (κ2) is 7.60. The lowest BCUT2D eigenvalue weighted by Gasteiger charge is -2.28. The minimum absolute atomic E-state index is 0.0340. The molecular formula is C19H29N4O2S+. The van der Waals surface area contributed by atoms with Crippen LogP contribution in [0.4, 0.5) is 5.69 Å². The van der Waals surface area contributed by atoms with Gasteiger partial charge in [0.25, 0.3) is 0 Å². The van der Waals surface area contributed by atoms with Gasteiger partial charge in [-0.3, -0.25) is 0 Å². The normalized spacial score (nSPS) is 24.8. The average molecular weight is 378 g/mol. The van der Waals surface area contributed by atoms with Crippen LogP contribution in [-0.4, -0.2) is 26.7 Å². The van der Waals surface area contributed by atoms with E-state index in [-0.39, 0.29) is 9.65 Å². The molecule has 1 heterocycles. The predicted octanol–water partition coefficient (Wildman–Crippen LogP) is 2.81. The van der Waals surface area contributed by atoms with Crippen LogP contribution in [0, 0.1) is 5.92 Å². The number of para-hydroxylation sites is 1. The molecule has 142 valence electrons. The van der Waals surface area contributed by atoms with Crippen molar-refractivity contribution in [1.29, 1.82) is 0 Å². The van der Waals surface area contributed by atoms with Crippen molar-refractivity contribution < 1.29 is 8.42 Å². The van der Waals surface area contributed by atoms with Gasteiger partial charge in [-0.05, 0) is 19.3 Å². The van der Waals surface area contributed by atoms with Gasteiger partial charge in [-0.1, -0.05) is 43.9 Å². The number of amidine groups is 1. The van der Waals surface area contributed by atoms with Crippen LogP contribution in [0.15, 0.2) is 41.7 Å². The molecule has 7 heteroatoms. The van der Waals surface area contributed by atoms with E-state index in [2.05, 4.69) is 17.2 Å². The number of quaternary nitrogens is 1. The van der Waals surface area contributed by atoms with Crippen LogP contribution in [0.3, 0.4) is 0 Å². The van der Waals surface area contributed by atoms with Crippen molar-refractivity contribution in [3.8, 4) is 0 Å². The number of nitrogens with zero attached hydrogens (tertiary/aromatic N) is 2. The highest BCUT2D eigenvalue weighted by atomic mass is 32.2. The molecule has 1 aliphatic heterocycles. The number of nitrogens with two attached hydrogens (primary N) is 1. The van der Waals surface area contributed by atoms with Crippen molar-refractivity contribution >= 4 is 20.9 Å². The highest BCUT2D eigenvalue weighted by Crippen LogP contribution is 2.32. The monoisotopic (exact) mass is 377 g/mol. The predicted molar refractivity (Wildman–Crippen MR) is 107 cm³/mol. The van der Waals surface area contributed by atoms with E-state index < -0.39 is 10.0 Å². The Morgan fingerprint density at radius 3 is 2.69 bits per heavy atom. The zero-order chi connectivity index (χ0) is 18.8. The lowest BCUT2D eigenvalue weighted by atomic mass is 9.99. The zero-order valence-electron chi connectivity index (χ0n) is 15.6. The molecule has 0 radical (unpaired) electrons. The minimum atomic E-state index is -3.88. The third-order valence-corrected chi connectivity index (χ3v) is 6.49. The molecule has 1 aromatic carbocycles. The Morgan fingerprint density at radius 2 is 2.00 bits per heavy atom. The van der Waals surface area contributed by atoms with Gasteiger partial charge < -0.3 is 5.32 Å². The molecule has 1 unspecified atom stereocenters. The van der Waals surface area contributed by atoms with Gasteiger partial charge >= 0.3 is 15.2 Å². The molecule has 3 N–H and O–H groups in total. The van der Waals surface area contributed by atoms with Crippen LogP contribution in [0.5, 0.6) is 0 Å². The van der Waals surface area contributed by atoms with Crippen molar-refractivity contribution in [2.24, 2.45) is 16.0 Å². The van der Waals surface area contributed by atoms with E-state index in [9.17, 15) is 8.42 Å². The number of hydrogen-bond donors (Lipinski definition) is 2. The summed E-state index contributed by atoms with van der Waals surface area (Å²) in [5.41, 5.74) is 1.92. The fraction of sp³-hybridized carbons (Fsp3) is 0.526. The highest BCUT2D eigenvalue weighted by Gasteiger charge is 2.42. The van der Waals surface area contributed by atoms with Crippen molar-refractivity contribution in [1.82, 2.24) is 9.80 Å². The number of aliphatic imine (C=N–C) groups is 1. The number of nitrogens with one attached hydrogen (secondary N) is 1. The van der Waals surface area contributed by atoms with E-state index in [4.69, 9.17) is 5.14 Å². The fourth-order valence-electron chi connectivity index (χ4n) is 4.16. The maximum absolute atomic E-state index is 12.0. The largest absolute Gasteiger partial charge is 0.346 e. The summed E-state index contributed by atoms with van der Waals surface area (Å²) in [6.07, 6.45) is 9.86. The van der Waals surface area contributed by atoms with Crippen LogP contribution < -0.4 is 14.9 Å². The Hall–Kier alpha value is -1.54. The van der Waals surface area contributed by atoms with Crippen molar-refractivity contribution in [2.45, 2.75) is 51.6 Å². The van der Waals surface area contributed by atoms with Gasteiger partial charge in [0, 0.05) is 24.2 Å². The van der Waals surface area contributed by atoms with Crippen molar-refractivity contribution in [2.75, 3.05) is 7.05 Å². The summed E-state index contributed by atoms with van der Waals surface area (Å²) < 4.78 is 23.9. The molecule has 2 atom stereocenters. The van der Waals surface area contributed by atoms with Crippen LogP contribution >= 0.6 is 0 Å². The van der Waals surface area contributed by atoms with E-state index in [1.165, 1.54) is 38.3 Å². The van der Waals surface area contributed by atoms with Gasteiger partial charge in [-0.15, -0.1) is 0 Å². The Morgan fingerprint density at radius 1 is 1.31 bits per heavy atom. The summed E-state index contributed by atoms with van der Waals surface area (Å²) in [6, 6.07) is 8.28. The first-order chi connectivity index (χ1) is 12.3. The third kappa shape index (κ3) is 4.06. The van der Waals surface area contributed by atoms with Gasteiger partial charge in [0.1, 0.15) is 11.9 Å². The maximum Gasteiger partial charge on any atom is 0.346 e. The summed E-state index contributed by atoms with van der Waals surface area (Å²) >= 11 is 0. The summed E-state index contributed by atoms with van der Waals surface area (Å²) in [4.78, 5) is 4.02. The number of benzene rings is 1. The van der Waals surface area contributed by atoms with E-state index in [1.54, 1.807) is 13.2 Å². The molecule has 0 amide bonds. The molecule has 26 heavy (non-hydrogen) atoms. The molecule has 0 bridgehead atoms. The Balaban J connectivity index is 1.76. The molecule has 0 aromatic heterocycles. The molecular weight excluding hydrogens is 348 g/mol. The maximum atomic E-state index is 12.0. The van der Waals surface area contributed by atoms with E-state index >= 15 is 0 Å². The Labute approximate surface area is 156 Å². The summed E-state index contributed by atoms with van der Waals surface area (Å²) in [5.74, 6) is 0.833. The first-order valence-electron chi connectivity index (χ1n) is 9.27. The summed E-state index contributed by atoms with van der Waals surface area (Å²) in [5, 5.41) is 8.94. The standard InChI is InChI=1S/C19H29N4O2S/c1-15(13-16-7-3-4-8-16)22-14-17-9-5-6-10-18(17)23(2)12-11-21-19(23)26(20,24)25/h5-6,9-12,15-16,22H,3-4,7-8,13-14H2,1-2H3,(H2,20,24,25)/q+1/t15-,23?/m0/s1. The quantitative estimate of drug-likeness (QED) is 0.748. The number of primary sulfonamides is 1. The fourth-order valence-corrected chi connectivity index (χ4v) is 5.06. The molecule has 1 fully saturated rings. The smallest absolute Gasteiger partial charge is 0.310 e. The first kappa shape index (κ1) is 19.2. The van der Waals surface area contributed by atoms with Gasteiger partial charge in [0.2, 0.25) is 0 Å². The molecule has 2 aliphatic rings. The van der Waals surface area contributed by atoms with Crippen LogP contribution in [0.2, 0.25) is 0 Å². The summed E-state index contributed by atoms with van der Waals surface area (Å²) in [6.45, 7) is 2.91. The second-order valence-electron chi connectivity index (χ2n) is 7.63. The minimum Gasteiger partial charge on any atom is -0.310 e. The van der Waals surface area contributed by atoms with Crippen molar-refractivity contribution in [3.05, 3.63) is 42.2 Å². The summed E-state index contributed by atoms with van der Waals surface area (Å²) in [7, 11) is -2.08. The molecule has 0 saturated heterocycles. The van der Waals surface area contributed by atoms with E-state index in [0.29, 0.717) is 12.6 Å². The van der Waals surface area contributed by atoms with Crippen LogP contribution in [0.25, 0.3) is 0 Å². The lowest BCUT2D eigenvalue weighted by molar-refractivity contribution is 0.404. The van der Waals surface area contributed by atoms with E-state index in [1.807, 2.05) is 24.3 Å². The lowest BCUT2D eigenvalue weighted by Crippen LogP contribution is -2.50. The first-order valence-corrected chi connectivity index (χ1v) is 10.8. The Bertz CT molecular complexity index is 813. The van der Waals surface area contributed by atoms with Gasteiger partial charge in [-0.25, -0.2) is 9.62 Å². The second-order valence-corrected chi connectivity index (χ2v) is 9.08. The number of hydrogen-bond acceptors (Lipinski definition) is 4. The molecule has 1 saturated carbocycles. The van der Waals surface area contributed by atoms with Crippen molar-refractivity contribution in [3.63, 3.8) is 0 Å². The van der Waals surface area contributed by atoms with Crippen LogP contribution in [-0.2, 0) is 16.6 Å². The van der Waals surface area contributed by atoms with Gasteiger partial charge in [0.05, 0.1) is 13.2 Å². The highest BCUT2D eigenvalue weighted by molar-refractivity contribution is 8.04. The molecule has 1 aromatic rings. The SMILES string of the molecule is C[C@@H](CC1CCCC1)NCc1ccccc1[N+]1(C)C=CN=C1S(N)(=O)=O. The Kier molecular flexibility index (Phi) is 5.62. The van der Waals surface area contributed by atoms with Gasteiger partial charge in [-0.2, -0.15) is 13.4 Å². The molecule has 0 spiro atoms. The topological polar surface area (TPSA) is 84.5 Å². The molecule has 6 nitrogen and oxygen atoms in total. The van der Waals surface area contributed by atoms with Gasteiger partial charge in [0.15, 0.2) is 0 Å². The molecule has 1 aliphatic carbocycles. The molecule has 3 rings (SSSR count). The average Bonchev–Trinajstić information content (AvgIpc) is 3.23. The number of rotatable bonds is 6. The number of sulfonamides is 1. The third-order valence-electron chi connectivity index (χ3n) is 5.50. The van der Waals surface area contributed by atoms with E-state index in [0.717, 1.165) is 17.2 Å². The zero-order valence-corrected chi connectivity index (χ0v) is 16.4.